The first kappa shape index (κ1) is 39.5. The number of aryl methyl sites for hydroxylation is 1. The van der Waals surface area contributed by atoms with Crippen molar-refractivity contribution in [2.24, 2.45) is 10.2 Å². The standard InChI is InChI=1S/C30H35N5O10S5/c1-20-15-22(26(45-2)19-25(20)35-34-23-16-21-9-3-4-10-24(21)27(18-23)50(42,43)44)17-28-31-29(46-11-5-7-13-48(36,37)38)33-30(32-28)47-12-6-8-14-49(39,40)41/h3-4,9-10,15-16,18-19H,5-8,11-14,17H2,1-2H3,(H,36,37,38)(H,39,40,41)(H,42,43,44). The number of azo groups is 1. The fourth-order valence-electron chi connectivity index (χ4n) is 4.67. The van der Waals surface area contributed by atoms with Gasteiger partial charge in [-0.2, -0.15) is 40.5 Å². The maximum atomic E-state index is 12.1. The molecular weight excluding hydrogens is 751 g/mol. The van der Waals surface area contributed by atoms with E-state index in [1.54, 1.807) is 36.4 Å². The Balaban J connectivity index is 1.56. The normalized spacial score (nSPS) is 12.6. The third-order valence-corrected chi connectivity index (χ3v) is 11.4. The van der Waals surface area contributed by atoms with Gasteiger partial charge in [-0.15, -0.1) is 0 Å². The first-order valence-electron chi connectivity index (χ1n) is 15.0. The topological polar surface area (TPSA) is 236 Å². The number of unbranched alkanes of at least 4 members (excludes halogenated alkanes) is 2. The Bertz CT molecular complexity index is 2140. The van der Waals surface area contributed by atoms with E-state index in [0.29, 0.717) is 62.7 Å². The van der Waals surface area contributed by atoms with E-state index < -0.39 is 30.4 Å². The Morgan fingerprint density at radius 2 is 1.36 bits per heavy atom. The van der Waals surface area contributed by atoms with Crippen molar-refractivity contribution in [3.8, 4) is 5.75 Å². The molecule has 4 aromatic rings. The van der Waals surface area contributed by atoms with E-state index in [1.807, 2.05) is 13.0 Å². The highest BCUT2D eigenvalue weighted by Crippen LogP contribution is 2.34. The van der Waals surface area contributed by atoms with Crippen LogP contribution in [0, 0.1) is 6.92 Å². The van der Waals surface area contributed by atoms with Crippen LogP contribution in [-0.2, 0) is 36.8 Å². The number of aromatic nitrogens is 3. The number of benzene rings is 3. The van der Waals surface area contributed by atoms with Gasteiger partial charge in [-0.3, -0.25) is 13.7 Å². The van der Waals surface area contributed by atoms with Gasteiger partial charge in [0.1, 0.15) is 16.5 Å². The molecule has 0 aliphatic rings. The molecule has 0 fully saturated rings. The van der Waals surface area contributed by atoms with Crippen LogP contribution < -0.4 is 4.74 Å². The van der Waals surface area contributed by atoms with Crippen LogP contribution in [0.4, 0.5) is 11.4 Å². The third kappa shape index (κ3) is 12.5. The summed E-state index contributed by atoms with van der Waals surface area (Å²) in [6.07, 6.45) is 1.74. The molecule has 15 nitrogen and oxygen atoms in total. The molecule has 50 heavy (non-hydrogen) atoms. The van der Waals surface area contributed by atoms with Gasteiger partial charge in [0.05, 0.1) is 30.0 Å². The number of thioether (sulfide) groups is 2. The average molecular weight is 786 g/mol. The van der Waals surface area contributed by atoms with E-state index in [2.05, 4.69) is 25.2 Å². The highest BCUT2D eigenvalue weighted by atomic mass is 32.2. The first-order chi connectivity index (χ1) is 23.5. The molecule has 1 heterocycles. The van der Waals surface area contributed by atoms with Gasteiger partial charge in [-0.1, -0.05) is 47.8 Å². The highest BCUT2D eigenvalue weighted by molar-refractivity contribution is 7.99. The number of methoxy groups -OCH3 is 1. The van der Waals surface area contributed by atoms with Gasteiger partial charge < -0.3 is 4.74 Å². The van der Waals surface area contributed by atoms with Gasteiger partial charge in [0.25, 0.3) is 30.4 Å². The molecule has 4 rings (SSSR count). The number of hydrogen-bond donors (Lipinski definition) is 3. The molecule has 1 aromatic heterocycles. The van der Waals surface area contributed by atoms with Crippen molar-refractivity contribution in [2.75, 3.05) is 30.1 Å². The van der Waals surface area contributed by atoms with Gasteiger partial charge in [0.15, 0.2) is 10.3 Å². The maximum absolute atomic E-state index is 12.1. The number of hydrogen-bond acceptors (Lipinski definition) is 14. The molecule has 270 valence electrons. The minimum absolute atomic E-state index is 0.218. The summed E-state index contributed by atoms with van der Waals surface area (Å²) in [7, 11) is -11.1. The van der Waals surface area contributed by atoms with Gasteiger partial charge in [-0.25, -0.2) is 9.97 Å². The second-order valence-electron chi connectivity index (χ2n) is 11.0. The highest BCUT2D eigenvalue weighted by Gasteiger charge is 2.17. The monoisotopic (exact) mass is 785 g/mol. The average Bonchev–Trinajstić information content (AvgIpc) is 3.02. The maximum Gasteiger partial charge on any atom is 0.295 e. The molecule has 0 saturated heterocycles. The molecule has 3 aromatic carbocycles. The fraction of sp³-hybridized carbons (Fsp3) is 0.367. The fourth-order valence-corrected chi connectivity index (χ4v) is 8.31. The molecule has 0 atom stereocenters. The molecule has 0 bridgehead atoms. The lowest BCUT2D eigenvalue weighted by molar-refractivity contribution is 0.410. The summed E-state index contributed by atoms with van der Waals surface area (Å²) in [4.78, 5) is 13.4. The second-order valence-corrected chi connectivity index (χ2v) is 17.6. The summed E-state index contributed by atoms with van der Waals surface area (Å²) in [6.45, 7) is 1.82. The summed E-state index contributed by atoms with van der Waals surface area (Å²) in [6, 6.07) is 13.1. The predicted octanol–water partition coefficient (Wildman–Crippen LogP) is 6.11. The summed E-state index contributed by atoms with van der Waals surface area (Å²) >= 11 is 2.61. The second kappa shape index (κ2) is 17.3. The Hall–Kier alpha value is -3.24. The number of ether oxygens (including phenoxy) is 1. The van der Waals surface area contributed by atoms with Gasteiger partial charge in [-0.05, 0) is 61.8 Å². The van der Waals surface area contributed by atoms with Crippen LogP contribution in [-0.4, -0.2) is 84.0 Å². The lowest BCUT2D eigenvalue weighted by atomic mass is 10.1. The summed E-state index contributed by atoms with van der Waals surface area (Å²) in [5, 5.41) is 10.3. The quantitative estimate of drug-likeness (QED) is 0.0446. The number of rotatable bonds is 18. The molecule has 3 N–H and O–H groups in total. The number of fused-ring (bicyclic) bond motifs is 1. The van der Waals surface area contributed by atoms with Crippen LogP contribution >= 0.6 is 23.5 Å². The van der Waals surface area contributed by atoms with E-state index in [0.717, 1.165) is 11.1 Å². The largest absolute Gasteiger partial charge is 0.496 e. The van der Waals surface area contributed by atoms with Crippen LogP contribution in [0.3, 0.4) is 0 Å². The van der Waals surface area contributed by atoms with Crippen molar-refractivity contribution in [3.05, 3.63) is 65.5 Å². The van der Waals surface area contributed by atoms with Crippen LogP contribution in [0.25, 0.3) is 10.8 Å². The predicted molar refractivity (Wildman–Crippen MR) is 191 cm³/mol. The molecule has 0 spiro atoms. The zero-order valence-electron chi connectivity index (χ0n) is 27.0. The van der Waals surface area contributed by atoms with Crippen LogP contribution in [0.2, 0.25) is 0 Å². The zero-order valence-corrected chi connectivity index (χ0v) is 31.0. The Morgan fingerprint density at radius 3 is 1.92 bits per heavy atom. The molecule has 0 saturated carbocycles. The van der Waals surface area contributed by atoms with Crippen molar-refractivity contribution < 1.29 is 43.6 Å². The zero-order chi connectivity index (χ0) is 36.5. The van der Waals surface area contributed by atoms with Crippen molar-refractivity contribution in [2.45, 2.75) is 54.2 Å². The lowest BCUT2D eigenvalue weighted by Crippen LogP contribution is -2.06. The van der Waals surface area contributed by atoms with Crippen molar-refractivity contribution >= 4 is 76.0 Å². The van der Waals surface area contributed by atoms with Crippen molar-refractivity contribution in [3.63, 3.8) is 0 Å². The summed E-state index contributed by atoms with van der Waals surface area (Å²) < 4.78 is 102. The molecule has 0 aliphatic carbocycles. The summed E-state index contributed by atoms with van der Waals surface area (Å²) in [5.74, 6) is 1.17. The number of nitrogens with zero attached hydrogens (tertiary/aromatic N) is 5. The molecule has 20 heteroatoms. The SMILES string of the molecule is COc1cc(N=Nc2cc(S(=O)(=O)O)c3ccccc3c2)c(C)cc1Cc1nc(SCCCCS(=O)(=O)O)nc(SCCCCS(=O)(=O)O)n1. The lowest BCUT2D eigenvalue weighted by Gasteiger charge is -2.12. The van der Waals surface area contributed by atoms with Crippen LogP contribution in [0.5, 0.6) is 5.75 Å². The first-order valence-corrected chi connectivity index (χ1v) is 21.6. The van der Waals surface area contributed by atoms with E-state index in [1.165, 1.54) is 36.7 Å². The van der Waals surface area contributed by atoms with E-state index in [-0.39, 0.29) is 41.4 Å². The summed E-state index contributed by atoms with van der Waals surface area (Å²) in [5.41, 5.74) is 2.11. The van der Waals surface area contributed by atoms with Gasteiger partial charge >= 0.3 is 0 Å². The Kier molecular flexibility index (Phi) is 13.7. The Labute approximate surface area is 299 Å². The van der Waals surface area contributed by atoms with E-state index in [9.17, 15) is 29.8 Å². The molecule has 0 amide bonds. The van der Waals surface area contributed by atoms with E-state index in [4.69, 9.17) is 13.8 Å². The smallest absolute Gasteiger partial charge is 0.295 e. The van der Waals surface area contributed by atoms with Gasteiger partial charge in [0, 0.05) is 34.9 Å². The molecule has 0 unspecified atom stereocenters. The van der Waals surface area contributed by atoms with Gasteiger partial charge in [0.2, 0.25) is 0 Å². The third-order valence-electron chi connectivity index (χ3n) is 7.00. The molecule has 0 aliphatic heterocycles. The minimum atomic E-state index is -4.53. The minimum Gasteiger partial charge on any atom is -0.496 e. The van der Waals surface area contributed by atoms with Crippen LogP contribution in [0.15, 0.2) is 74.0 Å². The Morgan fingerprint density at radius 1 is 0.760 bits per heavy atom. The van der Waals surface area contributed by atoms with E-state index >= 15 is 0 Å². The van der Waals surface area contributed by atoms with Crippen LogP contribution in [0.1, 0.15) is 42.6 Å². The molecule has 0 radical (unpaired) electrons. The molecular formula is C30H35N5O10S5. The van der Waals surface area contributed by atoms with Crippen molar-refractivity contribution in [1.29, 1.82) is 0 Å². The van der Waals surface area contributed by atoms with Crippen molar-refractivity contribution in [1.82, 2.24) is 15.0 Å².